The highest BCUT2D eigenvalue weighted by molar-refractivity contribution is 6.31. The standard InChI is InChI=1S/C17H20ClN3O2/c1-20-10-14(9-19-20)16-7-4-8-21(16)17(22)12-23-11-13-5-2-3-6-15(13)18/h2-3,5-6,9-10,16H,4,7-8,11-12H2,1H3/t16-/m1/s1. The molecule has 1 aliphatic heterocycles. The molecule has 0 unspecified atom stereocenters. The Bertz CT molecular complexity index is 686. The van der Waals surface area contributed by atoms with Gasteiger partial charge in [0.25, 0.3) is 0 Å². The maximum absolute atomic E-state index is 12.5. The summed E-state index contributed by atoms with van der Waals surface area (Å²) in [7, 11) is 1.89. The predicted octanol–water partition coefficient (Wildman–Crippen LogP) is 2.95. The molecule has 2 aromatic rings. The van der Waals surface area contributed by atoms with Gasteiger partial charge in [-0.1, -0.05) is 29.8 Å². The van der Waals surface area contributed by atoms with Crippen molar-refractivity contribution in [2.75, 3.05) is 13.2 Å². The highest BCUT2D eigenvalue weighted by Gasteiger charge is 2.30. The average Bonchev–Trinajstić information content (AvgIpc) is 3.17. The van der Waals surface area contributed by atoms with Crippen LogP contribution in [0.1, 0.15) is 30.0 Å². The maximum Gasteiger partial charge on any atom is 0.249 e. The molecule has 1 fully saturated rings. The molecule has 1 saturated heterocycles. The van der Waals surface area contributed by atoms with E-state index in [4.69, 9.17) is 16.3 Å². The molecule has 6 heteroatoms. The number of carbonyl (C=O) groups is 1. The third kappa shape index (κ3) is 3.74. The summed E-state index contributed by atoms with van der Waals surface area (Å²) in [4.78, 5) is 14.3. The average molecular weight is 334 g/mol. The van der Waals surface area contributed by atoms with Crippen LogP contribution in [0.3, 0.4) is 0 Å². The number of hydrogen-bond acceptors (Lipinski definition) is 3. The highest BCUT2D eigenvalue weighted by atomic mass is 35.5. The molecule has 0 N–H and O–H groups in total. The summed E-state index contributed by atoms with van der Waals surface area (Å²) in [6.07, 6.45) is 5.79. The summed E-state index contributed by atoms with van der Waals surface area (Å²) in [5, 5.41) is 4.86. The molecule has 2 heterocycles. The van der Waals surface area contributed by atoms with Gasteiger partial charge in [0.2, 0.25) is 5.91 Å². The van der Waals surface area contributed by atoms with Crippen molar-refractivity contribution >= 4 is 17.5 Å². The predicted molar refractivity (Wildman–Crippen MR) is 88.0 cm³/mol. The van der Waals surface area contributed by atoms with Gasteiger partial charge in [-0.15, -0.1) is 0 Å². The number of likely N-dealkylation sites (tertiary alicyclic amines) is 1. The van der Waals surface area contributed by atoms with Crippen molar-refractivity contribution in [2.24, 2.45) is 7.05 Å². The molecule has 0 bridgehead atoms. The molecule has 23 heavy (non-hydrogen) atoms. The summed E-state index contributed by atoms with van der Waals surface area (Å²) in [5.41, 5.74) is 1.98. The van der Waals surface area contributed by atoms with Crippen molar-refractivity contribution in [1.29, 1.82) is 0 Å². The number of carbonyl (C=O) groups excluding carboxylic acids is 1. The van der Waals surface area contributed by atoms with Crippen LogP contribution in [0, 0.1) is 0 Å². The quantitative estimate of drug-likeness (QED) is 0.845. The maximum atomic E-state index is 12.5. The van der Waals surface area contributed by atoms with Crippen molar-refractivity contribution in [3.8, 4) is 0 Å². The molecule has 1 aromatic carbocycles. The third-order valence-electron chi connectivity index (χ3n) is 4.12. The second kappa shape index (κ2) is 7.15. The number of nitrogens with zero attached hydrogens (tertiary/aromatic N) is 3. The fourth-order valence-electron chi connectivity index (χ4n) is 2.97. The van der Waals surface area contributed by atoms with Crippen LogP contribution in [-0.4, -0.2) is 33.7 Å². The zero-order valence-electron chi connectivity index (χ0n) is 13.1. The molecule has 1 aromatic heterocycles. The smallest absolute Gasteiger partial charge is 0.249 e. The lowest BCUT2D eigenvalue weighted by Crippen LogP contribution is -2.33. The van der Waals surface area contributed by atoms with Crippen LogP contribution in [0.2, 0.25) is 5.02 Å². The molecule has 1 aliphatic rings. The monoisotopic (exact) mass is 333 g/mol. The number of amides is 1. The molecule has 0 spiro atoms. The van der Waals surface area contributed by atoms with E-state index in [1.165, 1.54) is 0 Å². The lowest BCUT2D eigenvalue weighted by Gasteiger charge is -2.23. The van der Waals surface area contributed by atoms with Crippen LogP contribution in [0.25, 0.3) is 0 Å². The van der Waals surface area contributed by atoms with Crippen LogP contribution in [0.15, 0.2) is 36.7 Å². The Morgan fingerprint density at radius 2 is 2.26 bits per heavy atom. The van der Waals surface area contributed by atoms with Gasteiger partial charge in [0.15, 0.2) is 0 Å². The molecular formula is C17H20ClN3O2. The first-order chi connectivity index (χ1) is 11.1. The van der Waals surface area contributed by atoms with E-state index in [9.17, 15) is 4.79 Å². The van der Waals surface area contributed by atoms with E-state index in [0.717, 1.165) is 30.5 Å². The van der Waals surface area contributed by atoms with Gasteiger partial charge in [-0.2, -0.15) is 5.10 Å². The van der Waals surface area contributed by atoms with Gasteiger partial charge in [-0.05, 0) is 24.5 Å². The molecule has 0 aliphatic carbocycles. The van der Waals surface area contributed by atoms with Gasteiger partial charge in [-0.25, -0.2) is 0 Å². The molecule has 0 saturated carbocycles. The summed E-state index contributed by atoms with van der Waals surface area (Å²) in [5.74, 6) is 0.0170. The SMILES string of the molecule is Cn1cc([C@H]2CCCN2C(=O)COCc2ccccc2Cl)cn1. The van der Waals surface area contributed by atoms with Crippen LogP contribution in [0.4, 0.5) is 0 Å². The van der Waals surface area contributed by atoms with Crippen molar-refractivity contribution < 1.29 is 9.53 Å². The van der Waals surface area contributed by atoms with Crippen LogP contribution < -0.4 is 0 Å². The number of hydrogen-bond donors (Lipinski definition) is 0. The number of aryl methyl sites for hydroxylation is 1. The van der Waals surface area contributed by atoms with Crippen LogP contribution in [-0.2, 0) is 23.2 Å². The number of rotatable bonds is 5. The minimum atomic E-state index is 0.0170. The van der Waals surface area contributed by atoms with E-state index in [-0.39, 0.29) is 18.6 Å². The van der Waals surface area contributed by atoms with Gasteiger partial charge in [-0.3, -0.25) is 9.48 Å². The molecule has 5 nitrogen and oxygen atoms in total. The third-order valence-corrected chi connectivity index (χ3v) is 4.49. The summed E-state index contributed by atoms with van der Waals surface area (Å²) in [6, 6.07) is 7.62. The lowest BCUT2D eigenvalue weighted by atomic mass is 10.1. The highest BCUT2D eigenvalue weighted by Crippen LogP contribution is 2.31. The minimum Gasteiger partial charge on any atom is -0.367 e. The van der Waals surface area contributed by atoms with E-state index in [1.54, 1.807) is 4.68 Å². The first-order valence-electron chi connectivity index (χ1n) is 7.74. The lowest BCUT2D eigenvalue weighted by molar-refractivity contribution is -0.137. The zero-order valence-corrected chi connectivity index (χ0v) is 13.9. The Hall–Kier alpha value is -1.85. The molecule has 122 valence electrons. The largest absolute Gasteiger partial charge is 0.367 e. The Morgan fingerprint density at radius 1 is 1.43 bits per heavy atom. The molecular weight excluding hydrogens is 314 g/mol. The van der Waals surface area contributed by atoms with Gasteiger partial charge in [0.05, 0.1) is 18.8 Å². The summed E-state index contributed by atoms with van der Waals surface area (Å²) >= 11 is 6.09. The molecule has 3 rings (SSSR count). The normalized spacial score (nSPS) is 17.7. The number of halogens is 1. The van der Waals surface area contributed by atoms with Crippen LogP contribution >= 0.6 is 11.6 Å². The van der Waals surface area contributed by atoms with E-state index >= 15 is 0 Å². The van der Waals surface area contributed by atoms with Gasteiger partial charge in [0.1, 0.15) is 6.61 Å². The zero-order chi connectivity index (χ0) is 16.2. The van der Waals surface area contributed by atoms with Gasteiger partial charge in [0, 0.05) is 30.4 Å². The summed E-state index contributed by atoms with van der Waals surface area (Å²) < 4.78 is 7.34. The molecule has 1 amide bonds. The van der Waals surface area contributed by atoms with Gasteiger partial charge >= 0.3 is 0 Å². The van der Waals surface area contributed by atoms with Crippen molar-refractivity contribution in [2.45, 2.75) is 25.5 Å². The number of aromatic nitrogens is 2. The van der Waals surface area contributed by atoms with Crippen LogP contribution in [0.5, 0.6) is 0 Å². The second-order valence-corrected chi connectivity index (χ2v) is 6.18. The van der Waals surface area contributed by atoms with E-state index < -0.39 is 0 Å². The van der Waals surface area contributed by atoms with Crippen molar-refractivity contribution in [3.63, 3.8) is 0 Å². The second-order valence-electron chi connectivity index (χ2n) is 5.78. The number of ether oxygens (including phenoxy) is 1. The van der Waals surface area contributed by atoms with Gasteiger partial charge < -0.3 is 9.64 Å². The Labute approximate surface area is 140 Å². The van der Waals surface area contributed by atoms with Crippen molar-refractivity contribution in [3.05, 3.63) is 52.8 Å². The Kier molecular flexibility index (Phi) is 4.98. The Morgan fingerprint density at radius 3 is 3.00 bits per heavy atom. The fraction of sp³-hybridized carbons (Fsp3) is 0.412. The van der Waals surface area contributed by atoms with E-state index in [0.29, 0.717) is 11.6 Å². The minimum absolute atomic E-state index is 0.0170. The fourth-order valence-corrected chi connectivity index (χ4v) is 3.16. The molecule has 1 atom stereocenters. The first kappa shape index (κ1) is 16.0. The van der Waals surface area contributed by atoms with E-state index in [1.807, 2.05) is 48.6 Å². The molecule has 0 radical (unpaired) electrons. The van der Waals surface area contributed by atoms with Crippen molar-refractivity contribution in [1.82, 2.24) is 14.7 Å². The Balaban J connectivity index is 1.56. The summed E-state index contributed by atoms with van der Waals surface area (Å²) in [6.45, 7) is 1.19. The number of benzene rings is 1. The topological polar surface area (TPSA) is 47.4 Å². The first-order valence-corrected chi connectivity index (χ1v) is 8.12. The van der Waals surface area contributed by atoms with E-state index in [2.05, 4.69) is 5.10 Å².